The second-order valence-electron chi connectivity index (χ2n) is 8.20. The molecule has 0 radical (unpaired) electrons. The van der Waals surface area contributed by atoms with Crippen LogP contribution < -0.4 is 5.73 Å². The Balaban J connectivity index is 2.51. The lowest BCUT2D eigenvalue weighted by molar-refractivity contribution is 0.628. The standard InChI is InChI=1S/C24H29FN4OS/c1-6-15(4)31(5,30)29-24-20-12-21(27)17(13-26)11-19(20)22(23(28-24)14(2)3)16-7-9-18(25)10-8-16/h7-15,26H,6,27H2,1-5H3. The molecule has 1 heterocycles. The maximum absolute atomic E-state index is 13.6. The molecule has 0 saturated carbocycles. The topological polar surface area (TPSA) is 92.2 Å². The summed E-state index contributed by atoms with van der Waals surface area (Å²) in [6.07, 6.45) is 3.60. The Morgan fingerprint density at radius 2 is 1.84 bits per heavy atom. The second-order valence-corrected chi connectivity index (χ2v) is 10.9. The highest BCUT2D eigenvalue weighted by Crippen LogP contribution is 2.40. The molecule has 3 N–H and O–H groups in total. The van der Waals surface area contributed by atoms with Crippen LogP contribution in [-0.2, 0) is 9.73 Å². The van der Waals surface area contributed by atoms with Gasteiger partial charge in [0.05, 0.1) is 15.4 Å². The predicted molar refractivity (Wildman–Crippen MR) is 129 cm³/mol. The van der Waals surface area contributed by atoms with E-state index in [1.165, 1.54) is 18.3 Å². The van der Waals surface area contributed by atoms with Crippen LogP contribution in [0, 0.1) is 11.2 Å². The number of rotatable bonds is 6. The van der Waals surface area contributed by atoms with E-state index in [2.05, 4.69) is 4.36 Å². The predicted octanol–water partition coefficient (Wildman–Crippen LogP) is 6.27. The monoisotopic (exact) mass is 440 g/mol. The number of hydrogen-bond acceptors (Lipinski definition) is 5. The summed E-state index contributed by atoms with van der Waals surface area (Å²) in [6.45, 7) is 7.96. The second kappa shape index (κ2) is 8.75. The lowest BCUT2D eigenvalue weighted by Crippen LogP contribution is -2.14. The summed E-state index contributed by atoms with van der Waals surface area (Å²) in [5.41, 5.74) is 9.61. The quantitative estimate of drug-likeness (QED) is 0.349. The Hall–Kier alpha value is -2.80. The molecule has 0 spiro atoms. The molecule has 164 valence electrons. The number of nitrogen functional groups attached to an aromatic ring is 1. The molecule has 0 amide bonds. The van der Waals surface area contributed by atoms with E-state index in [-0.39, 0.29) is 17.0 Å². The van der Waals surface area contributed by atoms with Gasteiger partial charge in [-0.3, -0.25) is 0 Å². The molecular formula is C24H29FN4OS. The van der Waals surface area contributed by atoms with Crippen molar-refractivity contribution in [2.75, 3.05) is 12.0 Å². The van der Waals surface area contributed by atoms with Gasteiger partial charge in [-0.1, -0.05) is 32.9 Å². The third-order valence-corrected chi connectivity index (χ3v) is 8.00. The molecular weight excluding hydrogens is 411 g/mol. The lowest BCUT2D eigenvalue weighted by Gasteiger charge is -2.19. The zero-order valence-electron chi connectivity index (χ0n) is 18.6. The number of fused-ring (bicyclic) bond motifs is 1. The van der Waals surface area contributed by atoms with E-state index in [1.807, 2.05) is 33.8 Å². The first kappa shape index (κ1) is 22.9. The number of nitrogens with zero attached hydrogens (tertiary/aromatic N) is 2. The van der Waals surface area contributed by atoms with Gasteiger partial charge in [0, 0.05) is 39.9 Å². The number of nitrogens with two attached hydrogens (primary N) is 1. The van der Waals surface area contributed by atoms with Crippen LogP contribution in [0.5, 0.6) is 0 Å². The maximum atomic E-state index is 13.6. The van der Waals surface area contributed by atoms with Crippen molar-refractivity contribution in [2.24, 2.45) is 4.36 Å². The Kier molecular flexibility index (Phi) is 6.46. The summed E-state index contributed by atoms with van der Waals surface area (Å²) in [6, 6.07) is 9.85. The molecule has 2 aromatic carbocycles. The molecule has 31 heavy (non-hydrogen) atoms. The Bertz CT molecular complexity index is 1260. The lowest BCUT2D eigenvalue weighted by atomic mass is 9.91. The average Bonchev–Trinajstić information content (AvgIpc) is 2.73. The fourth-order valence-corrected chi connectivity index (χ4v) is 4.78. The van der Waals surface area contributed by atoms with Gasteiger partial charge in [0.2, 0.25) is 0 Å². The normalized spacial score (nSPS) is 14.4. The first-order valence-electron chi connectivity index (χ1n) is 10.3. The first-order chi connectivity index (χ1) is 14.6. The largest absolute Gasteiger partial charge is 0.398 e. The van der Waals surface area contributed by atoms with Gasteiger partial charge in [-0.2, -0.15) is 4.36 Å². The molecule has 2 atom stereocenters. The molecule has 0 aliphatic rings. The zero-order valence-corrected chi connectivity index (χ0v) is 19.4. The number of aromatic nitrogens is 1. The van der Waals surface area contributed by atoms with Crippen molar-refractivity contribution in [3.63, 3.8) is 0 Å². The summed E-state index contributed by atoms with van der Waals surface area (Å²) in [5, 5.41) is 9.12. The zero-order chi connectivity index (χ0) is 22.9. The summed E-state index contributed by atoms with van der Waals surface area (Å²) in [7, 11) is -2.53. The smallest absolute Gasteiger partial charge is 0.169 e. The minimum Gasteiger partial charge on any atom is -0.398 e. The van der Waals surface area contributed by atoms with Gasteiger partial charge in [0.1, 0.15) is 5.82 Å². The molecule has 5 nitrogen and oxygen atoms in total. The summed E-state index contributed by atoms with van der Waals surface area (Å²) >= 11 is 0. The number of pyridine rings is 1. The van der Waals surface area contributed by atoms with Crippen molar-refractivity contribution in [3.05, 3.63) is 53.5 Å². The fraction of sp³-hybridized carbons (Fsp3) is 0.333. The van der Waals surface area contributed by atoms with Crippen molar-refractivity contribution < 1.29 is 8.60 Å². The first-order valence-corrected chi connectivity index (χ1v) is 12.3. The molecule has 2 unspecified atom stereocenters. The van der Waals surface area contributed by atoms with Gasteiger partial charge in [-0.15, -0.1) is 0 Å². The summed E-state index contributed by atoms with van der Waals surface area (Å²) < 4.78 is 31.5. The van der Waals surface area contributed by atoms with Gasteiger partial charge in [0.15, 0.2) is 5.82 Å². The third-order valence-electron chi connectivity index (χ3n) is 5.64. The summed E-state index contributed by atoms with van der Waals surface area (Å²) in [4.78, 5) is 4.85. The molecule has 0 fully saturated rings. The van der Waals surface area contributed by atoms with E-state index in [0.717, 1.165) is 28.6 Å². The average molecular weight is 441 g/mol. The minimum atomic E-state index is -2.53. The van der Waals surface area contributed by atoms with E-state index >= 15 is 0 Å². The van der Waals surface area contributed by atoms with Crippen LogP contribution in [0.3, 0.4) is 0 Å². The number of nitrogens with one attached hydrogen (secondary N) is 1. The molecule has 0 saturated heterocycles. The molecule has 0 bridgehead atoms. The summed E-state index contributed by atoms with van der Waals surface area (Å²) in [5.74, 6) is 0.110. The van der Waals surface area contributed by atoms with Crippen LogP contribution in [0.2, 0.25) is 0 Å². The molecule has 3 rings (SSSR count). The van der Waals surface area contributed by atoms with Crippen molar-refractivity contribution >= 4 is 38.2 Å². The van der Waals surface area contributed by atoms with Gasteiger partial charge in [-0.25, -0.2) is 13.6 Å². The Morgan fingerprint density at radius 1 is 1.19 bits per heavy atom. The van der Waals surface area contributed by atoms with Crippen molar-refractivity contribution in [2.45, 2.75) is 45.3 Å². The van der Waals surface area contributed by atoms with Crippen LogP contribution in [0.15, 0.2) is 40.8 Å². The van der Waals surface area contributed by atoms with Crippen LogP contribution in [0.1, 0.15) is 51.3 Å². The van der Waals surface area contributed by atoms with Crippen molar-refractivity contribution in [1.29, 1.82) is 5.41 Å². The van der Waals surface area contributed by atoms with Crippen LogP contribution >= 0.6 is 0 Å². The van der Waals surface area contributed by atoms with E-state index < -0.39 is 9.73 Å². The number of benzene rings is 2. The Labute approximate surface area is 183 Å². The maximum Gasteiger partial charge on any atom is 0.169 e. The van der Waals surface area contributed by atoms with Gasteiger partial charge in [-0.05, 0) is 54.5 Å². The number of anilines is 1. The van der Waals surface area contributed by atoms with E-state index in [4.69, 9.17) is 16.1 Å². The molecule has 0 aliphatic carbocycles. The van der Waals surface area contributed by atoms with Crippen LogP contribution in [0.4, 0.5) is 15.9 Å². The van der Waals surface area contributed by atoms with Crippen molar-refractivity contribution in [1.82, 2.24) is 4.98 Å². The van der Waals surface area contributed by atoms with Gasteiger partial charge >= 0.3 is 0 Å². The molecule has 0 aliphatic heterocycles. The SMILES string of the molecule is CCC(C)S(C)(=O)=Nc1nc(C(C)C)c(-c2ccc(F)cc2)c2cc(C=N)c(N)cc12. The van der Waals surface area contributed by atoms with E-state index in [1.54, 1.807) is 24.5 Å². The van der Waals surface area contributed by atoms with Gasteiger partial charge in [0.25, 0.3) is 0 Å². The third kappa shape index (κ3) is 4.46. The highest BCUT2D eigenvalue weighted by atomic mass is 32.2. The van der Waals surface area contributed by atoms with Crippen LogP contribution in [0.25, 0.3) is 21.9 Å². The molecule has 1 aromatic heterocycles. The highest BCUT2D eigenvalue weighted by molar-refractivity contribution is 7.93. The minimum absolute atomic E-state index is 0.0379. The van der Waals surface area contributed by atoms with E-state index in [9.17, 15) is 8.60 Å². The fourth-order valence-electron chi connectivity index (χ4n) is 3.50. The number of hydrogen-bond donors (Lipinski definition) is 2. The highest BCUT2D eigenvalue weighted by Gasteiger charge is 2.21. The molecule has 7 heteroatoms. The Morgan fingerprint density at radius 3 is 2.39 bits per heavy atom. The number of halogens is 1. The molecule has 3 aromatic rings. The van der Waals surface area contributed by atoms with Gasteiger partial charge < -0.3 is 11.1 Å². The van der Waals surface area contributed by atoms with Crippen molar-refractivity contribution in [3.8, 4) is 11.1 Å². The van der Waals surface area contributed by atoms with Crippen LogP contribution in [-0.4, -0.2) is 26.9 Å². The van der Waals surface area contributed by atoms with E-state index in [0.29, 0.717) is 22.5 Å².